The van der Waals surface area contributed by atoms with Gasteiger partial charge in [0.05, 0.1) is 5.71 Å². The first-order chi connectivity index (χ1) is 18.3. The minimum atomic E-state index is -0.124. The lowest BCUT2D eigenvalue weighted by Crippen LogP contribution is -2.36. The number of hydrogen-bond acceptors (Lipinski definition) is 5. The van der Waals surface area contributed by atoms with E-state index in [4.69, 9.17) is 4.99 Å². The van der Waals surface area contributed by atoms with Crippen molar-refractivity contribution >= 4 is 32.9 Å². The summed E-state index contributed by atoms with van der Waals surface area (Å²) >= 11 is 3.65. The summed E-state index contributed by atoms with van der Waals surface area (Å²) in [5.41, 5.74) is 9.25. The van der Waals surface area contributed by atoms with Gasteiger partial charge in [-0.05, 0) is 99.3 Å². The summed E-state index contributed by atoms with van der Waals surface area (Å²) in [4.78, 5) is 13.5. The second-order valence-corrected chi connectivity index (χ2v) is 11.0. The van der Waals surface area contributed by atoms with Gasteiger partial charge in [-0.2, -0.15) is 0 Å². The Labute approximate surface area is 236 Å². The second kappa shape index (κ2) is 13.0. The molecular formula is C32H38BrN5. The Morgan fingerprint density at radius 2 is 1.89 bits per heavy atom. The molecule has 0 aliphatic carbocycles. The molecule has 1 aromatic heterocycles. The predicted octanol–water partition coefficient (Wildman–Crippen LogP) is 7.42. The first-order valence-corrected chi connectivity index (χ1v) is 14.0. The van der Waals surface area contributed by atoms with Crippen LogP contribution in [0.1, 0.15) is 47.6 Å². The number of aliphatic imine (C=N–C) groups is 1. The summed E-state index contributed by atoms with van der Waals surface area (Å²) in [6.45, 7) is 13.8. The van der Waals surface area contributed by atoms with E-state index in [1.54, 1.807) is 6.20 Å². The molecule has 3 heterocycles. The summed E-state index contributed by atoms with van der Waals surface area (Å²) < 4.78 is 1.21. The van der Waals surface area contributed by atoms with E-state index >= 15 is 0 Å². The molecule has 2 aliphatic rings. The highest BCUT2D eigenvalue weighted by Crippen LogP contribution is 2.25. The van der Waals surface area contributed by atoms with Crippen LogP contribution in [0.15, 0.2) is 89.2 Å². The van der Waals surface area contributed by atoms with Crippen molar-refractivity contribution in [2.45, 2.75) is 46.4 Å². The monoisotopic (exact) mass is 571 g/mol. The summed E-state index contributed by atoms with van der Waals surface area (Å²) in [5, 5.41) is 3.51. The number of hydrogen-bond donors (Lipinski definition) is 1. The molecule has 1 N–H and O–H groups in total. The molecule has 0 saturated carbocycles. The number of likely N-dealkylation sites (tertiary alicyclic amines) is 1. The van der Waals surface area contributed by atoms with Gasteiger partial charge in [0.25, 0.3) is 0 Å². The van der Waals surface area contributed by atoms with Crippen molar-refractivity contribution in [2.75, 3.05) is 25.5 Å². The highest BCUT2D eigenvalue weighted by Gasteiger charge is 2.17. The number of rotatable bonds is 6. The molecule has 2 aliphatic heterocycles. The molecule has 0 bridgehead atoms. The highest BCUT2D eigenvalue weighted by atomic mass is 79.9. The lowest BCUT2D eigenvalue weighted by molar-refractivity contribution is 0.331. The first-order valence-electron chi connectivity index (χ1n) is 13.2. The zero-order valence-electron chi connectivity index (χ0n) is 22.9. The Kier molecular flexibility index (Phi) is 9.53. The SMILES string of the molecule is C=C(C)c1ccc(CN2CCCC2)c(Br)c1.Cc1ccc(C)c(NC2N=C(c3cccnc3)C=CN2C)c1. The molecule has 6 heteroatoms. The van der Waals surface area contributed by atoms with Gasteiger partial charge in [0.2, 0.25) is 0 Å². The fourth-order valence-electron chi connectivity index (χ4n) is 4.51. The standard InChI is InChI=1S/C18H20N4.C14H18BrN/c1-13-6-7-14(2)17(11-13)21-18-20-16(8-10-22(18)3)15-5-4-9-19-12-15;1-11(2)12-5-6-13(14(15)9-12)10-16-7-3-4-8-16/h4-12,18,21H,1-3H3;5-6,9H,1,3-4,7-8,10H2,2H3. The minimum Gasteiger partial charge on any atom is -0.347 e. The number of pyridine rings is 1. The Morgan fingerprint density at radius 1 is 1.11 bits per heavy atom. The fraction of sp³-hybridized carbons (Fsp3) is 0.312. The Hall–Kier alpha value is -3.22. The smallest absolute Gasteiger partial charge is 0.196 e. The Balaban J connectivity index is 0.000000186. The van der Waals surface area contributed by atoms with E-state index in [1.807, 2.05) is 44.6 Å². The van der Waals surface area contributed by atoms with Gasteiger partial charge in [0.15, 0.2) is 6.29 Å². The number of aromatic nitrogens is 1. The predicted molar refractivity (Wildman–Crippen MR) is 164 cm³/mol. The molecular weight excluding hydrogens is 534 g/mol. The lowest BCUT2D eigenvalue weighted by Gasteiger charge is -2.29. The average molecular weight is 573 g/mol. The van der Waals surface area contributed by atoms with Crippen LogP contribution in [-0.4, -0.2) is 46.9 Å². The zero-order valence-corrected chi connectivity index (χ0v) is 24.5. The quantitative estimate of drug-likeness (QED) is 0.334. The van der Waals surface area contributed by atoms with Crippen molar-refractivity contribution < 1.29 is 0 Å². The summed E-state index contributed by atoms with van der Waals surface area (Å²) in [6, 6.07) is 16.9. The second-order valence-electron chi connectivity index (χ2n) is 10.1. The number of allylic oxidation sites excluding steroid dienone is 2. The third-order valence-electron chi connectivity index (χ3n) is 6.89. The fourth-order valence-corrected chi connectivity index (χ4v) is 5.01. The van der Waals surface area contributed by atoms with Crippen LogP contribution in [0.4, 0.5) is 5.69 Å². The van der Waals surface area contributed by atoms with E-state index in [-0.39, 0.29) is 6.29 Å². The number of halogens is 1. The van der Waals surface area contributed by atoms with Crippen molar-refractivity contribution in [1.82, 2.24) is 14.8 Å². The number of anilines is 1. The summed E-state index contributed by atoms with van der Waals surface area (Å²) in [5.74, 6) is 0. The molecule has 1 saturated heterocycles. The van der Waals surface area contributed by atoms with Crippen LogP contribution in [0.3, 0.4) is 0 Å². The molecule has 2 aromatic carbocycles. The first kappa shape index (κ1) is 27.8. The third kappa shape index (κ3) is 7.42. The van der Waals surface area contributed by atoms with Gasteiger partial charge in [0.1, 0.15) is 0 Å². The lowest BCUT2D eigenvalue weighted by atomic mass is 10.1. The molecule has 5 rings (SSSR count). The average Bonchev–Trinajstić information content (AvgIpc) is 3.43. The molecule has 0 spiro atoms. The minimum absolute atomic E-state index is 0.124. The van der Waals surface area contributed by atoms with Crippen molar-refractivity contribution in [1.29, 1.82) is 0 Å². The van der Waals surface area contributed by atoms with Crippen LogP contribution in [-0.2, 0) is 6.54 Å². The van der Waals surface area contributed by atoms with E-state index in [0.29, 0.717) is 0 Å². The zero-order chi connectivity index (χ0) is 27.1. The van der Waals surface area contributed by atoms with Crippen LogP contribution < -0.4 is 5.32 Å². The third-order valence-corrected chi connectivity index (χ3v) is 7.63. The van der Waals surface area contributed by atoms with Crippen LogP contribution in [0.25, 0.3) is 5.57 Å². The molecule has 0 amide bonds. The van der Waals surface area contributed by atoms with Crippen molar-refractivity contribution in [3.8, 4) is 0 Å². The van der Waals surface area contributed by atoms with Gasteiger partial charge in [0, 0.05) is 47.9 Å². The van der Waals surface area contributed by atoms with E-state index < -0.39 is 0 Å². The molecule has 1 unspecified atom stereocenters. The topological polar surface area (TPSA) is 43.8 Å². The molecule has 1 atom stereocenters. The number of nitrogens with zero attached hydrogens (tertiary/aromatic N) is 4. The van der Waals surface area contributed by atoms with E-state index in [9.17, 15) is 0 Å². The number of benzene rings is 2. The Bertz CT molecular complexity index is 1310. The Morgan fingerprint density at radius 3 is 2.58 bits per heavy atom. The molecule has 38 heavy (non-hydrogen) atoms. The molecule has 1 fully saturated rings. The maximum atomic E-state index is 4.80. The normalized spacial score (nSPS) is 17.0. The van der Waals surface area contributed by atoms with Gasteiger partial charge in [-0.25, -0.2) is 4.99 Å². The largest absolute Gasteiger partial charge is 0.347 e. The van der Waals surface area contributed by atoms with Gasteiger partial charge < -0.3 is 10.2 Å². The van der Waals surface area contributed by atoms with Gasteiger partial charge in [-0.3, -0.25) is 9.88 Å². The van der Waals surface area contributed by atoms with Crippen LogP contribution in [0.5, 0.6) is 0 Å². The van der Waals surface area contributed by atoms with E-state index in [0.717, 1.165) is 29.1 Å². The molecule has 0 radical (unpaired) electrons. The van der Waals surface area contributed by atoms with Gasteiger partial charge >= 0.3 is 0 Å². The van der Waals surface area contributed by atoms with E-state index in [2.05, 4.69) is 92.9 Å². The van der Waals surface area contributed by atoms with Crippen LogP contribution in [0, 0.1) is 13.8 Å². The summed E-state index contributed by atoms with van der Waals surface area (Å²) in [7, 11) is 2.02. The maximum absolute atomic E-state index is 4.80. The highest BCUT2D eigenvalue weighted by molar-refractivity contribution is 9.10. The van der Waals surface area contributed by atoms with Gasteiger partial charge in [-0.1, -0.05) is 52.3 Å². The van der Waals surface area contributed by atoms with Crippen LogP contribution in [0.2, 0.25) is 0 Å². The molecule has 198 valence electrons. The number of nitrogens with one attached hydrogen (secondary N) is 1. The van der Waals surface area contributed by atoms with Crippen molar-refractivity contribution in [3.05, 3.63) is 112 Å². The summed E-state index contributed by atoms with van der Waals surface area (Å²) in [6.07, 6.45) is 10.2. The molecule has 3 aromatic rings. The van der Waals surface area contributed by atoms with E-state index in [1.165, 1.54) is 52.7 Å². The number of aryl methyl sites for hydroxylation is 2. The maximum Gasteiger partial charge on any atom is 0.196 e. The molecule has 5 nitrogen and oxygen atoms in total. The van der Waals surface area contributed by atoms with Gasteiger partial charge in [-0.15, -0.1) is 0 Å². The van der Waals surface area contributed by atoms with Crippen molar-refractivity contribution in [2.24, 2.45) is 4.99 Å². The van der Waals surface area contributed by atoms with Crippen LogP contribution >= 0.6 is 15.9 Å². The van der Waals surface area contributed by atoms with Crippen molar-refractivity contribution in [3.63, 3.8) is 0 Å².